The first-order chi connectivity index (χ1) is 10.7. The molecule has 0 radical (unpaired) electrons. The lowest BCUT2D eigenvalue weighted by molar-refractivity contribution is 0.113. The summed E-state index contributed by atoms with van der Waals surface area (Å²) in [5.41, 5.74) is 0.879. The molecule has 3 rings (SSSR count). The molecule has 2 aliphatic carbocycles. The van der Waals surface area contributed by atoms with Crippen LogP contribution in [0.3, 0.4) is 0 Å². The second-order valence-electron chi connectivity index (χ2n) is 7.55. The standard InChI is InChI=1S/C20H28F2/c1-2-3-4-14-5-6-16-10-17(8-7-15(16)9-14)18-11-19(21)13-20(22)12-18/h11-17H,2-10H2,1H3. The minimum atomic E-state index is -0.430. The zero-order valence-electron chi connectivity index (χ0n) is 13.7. The summed E-state index contributed by atoms with van der Waals surface area (Å²) in [7, 11) is 0. The first-order valence-corrected chi connectivity index (χ1v) is 9.11. The molecule has 2 saturated carbocycles. The zero-order valence-corrected chi connectivity index (χ0v) is 13.7. The maximum Gasteiger partial charge on any atom is 0.126 e. The van der Waals surface area contributed by atoms with Crippen LogP contribution in [0.25, 0.3) is 0 Å². The van der Waals surface area contributed by atoms with Crippen LogP contribution in [0.2, 0.25) is 0 Å². The van der Waals surface area contributed by atoms with Gasteiger partial charge in [-0.3, -0.25) is 0 Å². The molecule has 0 spiro atoms. The van der Waals surface area contributed by atoms with Crippen molar-refractivity contribution >= 4 is 0 Å². The Kier molecular flexibility index (Phi) is 5.15. The van der Waals surface area contributed by atoms with E-state index in [-0.39, 0.29) is 0 Å². The summed E-state index contributed by atoms with van der Waals surface area (Å²) in [5.74, 6) is 2.08. The molecule has 4 atom stereocenters. The molecule has 0 aromatic heterocycles. The van der Waals surface area contributed by atoms with Crippen LogP contribution in [0.5, 0.6) is 0 Å². The normalized spacial score (nSPS) is 31.8. The van der Waals surface area contributed by atoms with Crippen LogP contribution >= 0.6 is 0 Å². The number of unbranched alkanes of at least 4 members (excludes halogenated alkanes) is 1. The summed E-state index contributed by atoms with van der Waals surface area (Å²) in [4.78, 5) is 0. The van der Waals surface area contributed by atoms with Gasteiger partial charge < -0.3 is 0 Å². The van der Waals surface area contributed by atoms with Crippen LogP contribution < -0.4 is 0 Å². The topological polar surface area (TPSA) is 0 Å². The molecule has 0 bridgehead atoms. The Morgan fingerprint density at radius 2 is 1.59 bits per heavy atom. The lowest BCUT2D eigenvalue weighted by Crippen LogP contribution is -2.30. The SMILES string of the molecule is CCCCC1CCC2CC(c3cc(F)cc(F)c3)CCC2C1. The van der Waals surface area contributed by atoms with Gasteiger partial charge >= 0.3 is 0 Å². The third kappa shape index (κ3) is 3.70. The van der Waals surface area contributed by atoms with E-state index in [1.807, 2.05) is 0 Å². The Hall–Kier alpha value is -0.920. The van der Waals surface area contributed by atoms with Crippen molar-refractivity contribution < 1.29 is 8.78 Å². The summed E-state index contributed by atoms with van der Waals surface area (Å²) in [5, 5.41) is 0. The van der Waals surface area contributed by atoms with Gasteiger partial charge in [0, 0.05) is 6.07 Å². The van der Waals surface area contributed by atoms with Crippen molar-refractivity contribution in [1.82, 2.24) is 0 Å². The van der Waals surface area contributed by atoms with Gasteiger partial charge in [-0.05, 0) is 73.5 Å². The molecule has 1 aromatic carbocycles. The molecule has 2 aliphatic rings. The average Bonchev–Trinajstić information content (AvgIpc) is 2.51. The Morgan fingerprint density at radius 1 is 0.909 bits per heavy atom. The van der Waals surface area contributed by atoms with Gasteiger partial charge in [-0.2, -0.15) is 0 Å². The quantitative estimate of drug-likeness (QED) is 0.599. The highest BCUT2D eigenvalue weighted by Gasteiger charge is 2.35. The molecule has 2 fully saturated rings. The fraction of sp³-hybridized carbons (Fsp3) is 0.700. The zero-order chi connectivity index (χ0) is 15.5. The highest BCUT2D eigenvalue weighted by molar-refractivity contribution is 5.22. The van der Waals surface area contributed by atoms with Crippen molar-refractivity contribution in [3.63, 3.8) is 0 Å². The maximum absolute atomic E-state index is 13.4. The van der Waals surface area contributed by atoms with Gasteiger partial charge in [0.05, 0.1) is 0 Å². The molecule has 22 heavy (non-hydrogen) atoms. The fourth-order valence-electron chi connectivity index (χ4n) is 4.85. The number of hydrogen-bond acceptors (Lipinski definition) is 0. The predicted octanol–water partition coefficient (Wildman–Crippen LogP) is 6.46. The van der Waals surface area contributed by atoms with Gasteiger partial charge in [0.15, 0.2) is 0 Å². The van der Waals surface area contributed by atoms with Crippen molar-refractivity contribution in [1.29, 1.82) is 0 Å². The van der Waals surface area contributed by atoms with Crippen molar-refractivity contribution in [3.05, 3.63) is 35.4 Å². The van der Waals surface area contributed by atoms with E-state index in [9.17, 15) is 8.78 Å². The van der Waals surface area contributed by atoms with E-state index in [2.05, 4.69) is 6.92 Å². The van der Waals surface area contributed by atoms with E-state index in [4.69, 9.17) is 0 Å². The van der Waals surface area contributed by atoms with Gasteiger partial charge in [-0.25, -0.2) is 8.78 Å². The summed E-state index contributed by atoms with van der Waals surface area (Å²) in [6.07, 6.45) is 11.6. The van der Waals surface area contributed by atoms with E-state index in [0.29, 0.717) is 5.92 Å². The molecule has 122 valence electrons. The Labute approximate surface area is 133 Å². The van der Waals surface area contributed by atoms with Crippen molar-refractivity contribution in [2.24, 2.45) is 17.8 Å². The van der Waals surface area contributed by atoms with E-state index in [1.165, 1.54) is 44.9 Å². The predicted molar refractivity (Wildman–Crippen MR) is 86.8 cm³/mol. The highest BCUT2D eigenvalue weighted by Crippen LogP contribution is 2.48. The molecule has 2 heteroatoms. The monoisotopic (exact) mass is 306 g/mol. The van der Waals surface area contributed by atoms with Crippen LogP contribution in [0.1, 0.15) is 76.2 Å². The fourth-order valence-corrected chi connectivity index (χ4v) is 4.85. The van der Waals surface area contributed by atoms with E-state index >= 15 is 0 Å². The average molecular weight is 306 g/mol. The van der Waals surface area contributed by atoms with Crippen LogP contribution in [0, 0.1) is 29.4 Å². The minimum absolute atomic E-state index is 0.360. The smallest absolute Gasteiger partial charge is 0.126 e. The van der Waals surface area contributed by atoms with Crippen LogP contribution in [0.15, 0.2) is 18.2 Å². The first kappa shape index (κ1) is 16.0. The molecule has 0 amide bonds. The van der Waals surface area contributed by atoms with Gasteiger partial charge in [0.1, 0.15) is 11.6 Å². The summed E-state index contributed by atoms with van der Waals surface area (Å²) in [6.45, 7) is 2.27. The molecule has 0 nitrogen and oxygen atoms in total. The van der Waals surface area contributed by atoms with Crippen LogP contribution in [-0.4, -0.2) is 0 Å². The van der Waals surface area contributed by atoms with Gasteiger partial charge in [0.2, 0.25) is 0 Å². The number of halogens is 2. The number of rotatable bonds is 4. The van der Waals surface area contributed by atoms with E-state index in [0.717, 1.165) is 42.2 Å². The van der Waals surface area contributed by atoms with Crippen LogP contribution in [0.4, 0.5) is 8.78 Å². The molecular formula is C20H28F2. The molecule has 0 heterocycles. The Balaban J connectivity index is 1.61. The third-order valence-corrected chi connectivity index (χ3v) is 6.04. The Bertz CT molecular complexity index is 476. The summed E-state index contributed by atoms with van der Waals surface area (Å²) in [6, 6.07) is 4.07. The molecule has 0 N–H and O–H groups in total. The van der Waals surface area contributed by atoms with Crippen molar-refractivity contribution in [2.45, 2.75) is 70.6 Å². The highest BCUT2D eigenvalue weighted by atomic mass is 19.1. The van der Waals surface area contributed by atoms with Gasteiger partial charge in [-0.1, -0.05) is 32.6 Å². The molecule has 0 saturated heterocycles. The lowest BCUT2D eigenvalue weighted by Gasteiger charge is -2.42. The van der Waals surface area contributed by atoms with E-state index < -0.39 is 11.6 Å². The van der Waals surface area contributed by atoms with E-state index in [1.54, 1.807) is 12.1 Å². The lowest BCUT2D eigenvalue weighted by atomic mass is 9.63. The Morgan fingerprint density at radius 3 is 2.32 bits per heavy atom. The van der Waals surface area contributed by atoms with Gasteiger partial charge in [-0.15, -0.1) is 0 Å². The number of fused-ring (bicyclic) bond motifs is 1. The summed E-state index contributed by atoms with van der Waals surface area (Å²) < 4.78 is 26.9. The summed E-state index contributed by atoms with van der Waals surface area (Å²) >= 11 is 0. The minimum Gasteiger partial charge on any atom is -0.207 e. The van der Waals surface area contributed by atoms with Crippen LogP contribution in [-0.2, 0) is 0 Å². The molecule has 1 aromatic rings. The first-order valence-electron chi connectivity index (χ1n) is 9.11. The second kappa shape index (κ2) is 7.10. The number of benzene rings is 1. The largest absolute Gasteiger partial charge is 0.207 e. The third-order valence-electron chi connectivity index (χ3n) is 6.04. The molecular weight excluding hydrogens is 278 g/mol. The maximum atomic E-state index is 13.4. The van der Waals surface area contributed by atoms with Crippen molar-refractivity contribution in [3.8, 4) is 0 Å². The van der Waals surface area contributed by atoms with Crippen molar-refractivity contribution in [2.75, 3.05) is 0 Å². The molecule has 0 aliphatic heterocycles. The van der Waals surface area contributed by atoms with Gasteiger partial charge in [0.25, 0.3) is 0 Å². The second-order valence-corrected chi connectivity index (χ2v) is 7.55. The number of hydrogen-bond donors (Lipinski definition) is 0. The molecule has 4 unspecified atom stereocenters.